The van der Waals surface area contributed by atoms with E-state index in [9.17, 15) is 4.79 Å². The van der Waals surface area contributed by atoms with E-state index in [-0.39, 0.29) is 11.6 Å². The number of aryl methyl sites for hydroxylation is 1. The normalized spacial score (nSPS) is 12.1. The molecule has 0 aliphatic carbocycles. The summed E-state index contributed by atoms with van der Waals surface area (Å²) in [6.07, 6.45) is 6.44. The van der Waals surface area contributed by atoms with Gasteiger partial charge in [-0.1, -0.05) is 20.3 Å². The Labute approximate surface area is 131 Å². The first-order valence-corrected chi connectivity index (χ1v) is 7.89. The summed E-state index contributed by atoms with van der Waals surface area (Å²) in [7, 11) is 0. The molecule has 2 aromatic rings. The third-order valence-corrected chi connectivity index (χ3v) is 3.50. The maximum atomic E-state index is 11.8. The molecule has 5 nitrogen and oxygen atoms in total. The van der Waals surface area contributed by atoms with Gasteiger partial charge in [-0.2, -0.15) is 5.10 Å². The van der Waals surface area contributed by atoms with E-state index in [0.29, 0.717) is 5.82 Å². The van der Waals surface area contributed by atoms with E-state index in [2.05, 4.69) is 48.8 Å². The predicted molar refractivity (Wildman–Crippen MR) is 89.6 cm³/mol. The molecule has 0 spiro atoms. The number of hydrogen-bond donors (Lipinski definition) is 1. The Balaban J connectivity index is 2.45. The van der Waals surface area contributed by atoms with Crippen molar-refractivity contribution in [1.29, 1.82) is 0 Å². The Morgan fingerprint density at radius 1 is 1.41 bits per heavy atom. The van der Waals surface area contributed by atoms with Gasteiger partial charge in [-0.15, -0.1) is 0 Å². The van der Waals surface area contributed by atoms with Crippen molar-refractivity contribution in [1.82, 2.24) is 19.7 Å². The van der Waals surface area contributed by atoms with E-state index in [1.807, 2.05) is 10.7 Å². The largest absolute Gasteiger partial charge is 0.307 e. The molecule has 0 unspecified atom stereocenters. The number of hydrogen-bond acceptors (Lipinski definition) is 3. The van der Waals surface area contributed by atoms with Crippen molar-refractivity contribution in [3.63, 3.8) is 0 Å². The lowest BCUT2D eigenvalue weighted by molar-refractivity contribution is 0.528. The van der Waals surface area contributed by atoms with Crippen LogP contribution in [0.2, 0.25) is 0 Å². The van der Waals surface area contributed by atoms with Crippen LogP contribution in [0.25, 0.3) is 11.6 Å². The number of aromatic amines is 1. The molecule has 5 heteroatoms. The van der Waals surface area contributed by atoms with Crippen molar-refractivity contribution in [2.24, 2.45) is 0 Å². The standard InChI is InChI=1S/C17H24N4O/c1-5-7-14-11-16(22)20-17(19-14)13(6-2)10-15-8-9-18-21(15)12(3)4/h8-12H,5-7H2,1-4H3,(H,19,20,22)/b13-10+. The molecule has 2 aromatic heterocycles. The minimum Gasteiger partial charge on any atom is -0.307 e. The van der Waals surface area contributed by atoms with Gasteiger partial charge in [0.15, 0.2) is 0 Å². The first kappa shape index (κ1) is 16.2. The lowest BCUT2D eigenvalue weighted by atomic mass is 10.1. The van der Waals surface area contributed by atoms with Gasteiger partial charge < -0.3 is 4.98 Å². The molecule has 0 fully saturated rings. The van der Waals surface area contributed by atoms with Crippen LogP contribution in [0, 0.1) is 0 Å². The second-order valence-corrected chi connectivity index (χ2v) is 5.65. The Hall–Kier alpha value is -2.17. The molecule has 0 saturated heterocycles. The van der Waals surface area contributed by atoms with Gasteiger partial charge in [-0.05, 0) is 44.4 Å². The zero-order chi connectivity index (χ0) is 16.1. The van der Waals surface area contributed by atoms with Crippen molar-refractivity contribution in [2.45, 2.75) is 53.0 Å². The maximum Gasteiger partial charge on any atom is 0.251 e. The van der Waals surface area contributed by atoms with Crippen LogP contribution in [0.1, 0.15) is 63.8 Å². The van der Waals surface area contributed by atoms with Crippen LogP contribution in [-0.4, -0.2) is 19.7 Å². The second-order valence-electron chi connectivity index (χ2n) is 5.65. The minimum absolute atomic E-state index is 0.0924. The van der Waals surface area contributed by atoms with Gasteiger partial charge in [0.2, 0.25) is 0 Å². The molecule has 2 heterocycles. The van der Waals surface area contributed by atoms with Gasteiger partial charge in [-0.3, -0.25) is 9.48 Å². The highest BCUT2D eigenvalue weighted by molar-refractivity contribution is 5.77. The van der Waals surface area contributed by atoms with Crippen LogP contribution in [-0.2, 0) is 6.42 Å². The molecule has 0 amide bonds. The molecule has 0 bridgehead atoms. The Kier molecular flexibility index (Phi) is 5.31. The molecule has 22 heavy (non-hydrogen) atoms. The second kappa shape index (κ2) is 7.20. The summed E-state index contributed by atoms with van der Waals surface area (Å²) in [6, 6.07) is 3.85. The first-order valence-electron chi connectivity index (χ1n) is 7.89. The first-order chi connectivity index (χ1) is 10.5. The number of nitrogens with zero attached hydrogens (tertiary/aromatic N) is 3. The van der Waals surface area contributed by atoms with Crippen LogP contribution in [0.4, 0.5) is 0 Å². The number of aromatic nitrogens is 4. The van der Waals surface area contributed by atoms with Crippen LogP contribution >= 0.6 is 0 Å². The van der Waals surface area contributed by atoms with Gasteiger partial charge in [0, 0.05) is 24.0 Å². The summed E-state index contributed by atoms with van der Waals surface area (Å²) < 4.78 is 1.96. The van der Waals surface area contributed by atoms with Crippen molar-refractivity contribution in [3.05, 3.63) is 45.9 Å². The van der Waals surface area contributed by atoms with Crippen molar-refractivity contribution in [2.75, 3.05) is 0 Å². The van der Waals surface area contributed by atoms with E-state index in [1.165, 1.54) is 0 Å². The lowest BCUT2D eigenvalue weighted by Gasteiger charge is -2.10. The van der Waals surface area contributed by atoms with Gasteiger partial charge in [-0.25, -0.2) is 4.98 Å². The van der Waals surface area contributed by atoms with Crippen LogP contribution in [0.5, 0.6) is 0 Å². The highest BCUT2D eigenvalue weighted by Crippen LogP contribution is 2.19. The summed E-state index contributed by atoms with van der Waals surface area (Å²) in [5, 5.41) is 4.34. The topological polar surface area (TPSA) is 63.6 Å². The molecule has 0 radical (unpaired) electrons. The van der Waals surface area contributed by atoms with E-state index >= 15 is 0 Å². The highest BCUT2D eigenvalue weighted by Gasteiger charge is 2.09. The summed E-state index contributed by atoms with van der Waals surface area (Å²) in [5.74, 6) is 0.662. The van der Waals surface area contributed by atoms with Gasteiger partial charge in [0.05, 0.1) is 5.69 Å². The Bertz CT molecular complexity index is 709. The summed E-state index contributed by atoms with van der Waals surface area (Å²) >= 11 is 0. The fraction of sp³-hybridized carbons (Fsp3) is 0.471. The van der Waals surface area contributed by atoms with Crippen LogP contribution in [0.15, 0.2) is 23.1 Å². The predicted octanol–water partition coefficient (Wildman–Crippen LogP) is 3.45. The third kappa shape index (κ3) is 3.72. The van der Waals surface area contributed by atoms with Gasteiger partial charge in [0.25, 0.3) is 5.56 Å². The molecule has 0 atom stereocenters. The Morgan fingerprint density at radius 3 is 2.82 bits per heavy atom. The summed E-state index contributed by atoms with van der Waals surface area (Å²) in [6.45, 7) is 8.34. The molecular weight excluding hydrogens is 276 g/mol. The fourth-order valence-corrected chi connectivity index (χ4v) is 2.43. The van der Waals surface area contributed by atoms with Crippen molar-refractivity contribution < 1.29 is 0 Å². The average molecular weight is 300 g/mol. The molecule has 0 aromatic carbocycles. The van der Waals surface area contributed by atoms with Crippen molar-refractivity contribution >= 4 is 11.6 Å². The smallest absolute Gasteiger partial charge is 0.251 e. The quantitative estimate of drug-likeness (QED) is 0.888. The van der Waals surface area contributed by atoms with Crippen LogP contribution in [0.3, 0.4) is 0 Å². The molecule has 1 N–H and O–H groups in total. The molecular formula is C17H24N4O. The summed E-state index contributed by atoms with van der Waals surface area (Å²) in [4.78, 5) is 19.3. The maximum absolute atomic E-state index is 11.8. The molecule has 2 rings (SSSR count). The number of nitrogens with one attached hydrogen (secondary N) is 1. The SMILES string of the molecule is CCCc1cc(=O)[nH]c(/C(=C/c2ccnn2C(C)C)CC)n1. The molecule has 0 aliphatic rings. The van der Waals surface area contributed by atoms with Crippen molar-refractivity contribution in [3.8, 4) is 0 Å². The monoisotopic (exact) mass is 300 g/mol. The van der Waals surface area contributed by atoms with Gasteiger partial charge in [0.1, 0.15) is 5.82 Å². The number of rotatable bonds is 6. The Morgan fingerprint density at radius 2 is 2.18 bits per heavy atom. The van der Waals surface area contributed by atoms with Gasteiger partial charge >= 0.3 is 0 Å². The fourth-order valence-electron chi connectivity index (χ4n) is 2.43. The zero-order valence-electron chi connectivity index (χ0n) is 13.8. The summed E-state index contributed by atoms with van der Waals surface area (Å²) in [5.41, 5.74) is 2.79. The van der Waals surface area contributed by atoms with Crippen LogP contribution < -0.4 is 5.56 Å². The van der Waals surface area contributed by atoms with E-state index < -0.39 is 0 Å². The molecule has 0 saturated carbocycles. The highest BCUT2D eigenvalue weighted by atomic mass is 16.1. The van der Waals surface area contributed by atoms with E-state index in [0.717, 1.165) is 36.2 Å². The average Bonchev–Trinajstić information content (AvgIpc) is 2.92. The molecule has 118 valence electrons. The minimum atomic E-state index is -0.0924. The zero-order valence-corrected chi connectivity index (χ0v) is 13.8. The third-order valence-electron chi connectivity index (χ3n) is 3.50. The lowest BCUT2D eigenvalue weighted by Crippen LogP contribution is -2.12. The number of H-pyrrole nitrogens is 1. The molecule has 0 aliphatic heterocycles. The van der Waals surface area contributed by atoms with E-state index in [4.69, 9.17) is 0 Å². The number of allylic oxidation sites excluding steroid dienone is 1. The van der Waals surface area contributed by atoms with E-state index in [1.54, 1.807) is 12.3 Å².